The molecule has 0 aliphatic heterocycles. The Labute approximate surface area is 214 Å². The number of benzene rings is 2. The smallest absolute Gasteiger partial charge is 0.242 e. The van der Waals surface area contributed by atoms with Gasteiger partial charge in [-0.25, -0.2) is 12.8 Å². The van der Waals surface area contributed by atoms with Crippen LogP contribution in [-0.2, 0) is 26.2 Å². The summed E-state index contributed by atoms with van der Waals surface area (Å²) in [6.45, 7) is 9.53. The summed E-state index contributed by atoms with van der Waals surface area (Å²) in [5.41, 5.74) is 3.05. The van der Waals surface area contributed by atoms with Gasteiger partial charge in [0.15, 0.2) is 0 Å². The van der Waals surface area contributed by atoms with Gasteiger partial charge in [-0.05, 0) is 75.4 Å². The first-order valence-corrected chi connectivity index (χ1v) is 14.1. The molecule has 0 radical (unpaired) electrons. The molecule has 2 aromatic carbocycles. The first-order chi connectivity index (χ1) is 16.8. The van der Waals surface area contributed by atoms with E-state index in [2.05, 4.69) is 5.32 Å². The van der Waals surface area contributed by atoms with Crippen molar-refractivity contribution < 1.29 is 22.4 Å². The minimum absolute atomic E-state index is 0.0383. The van der Waals surface area contributed by atoms with Gasteiger partial charge in [-0.15, -0.1) is 0 Å². The van der Waals surface area contributed by atoms with Crippen molar-refractivity contribution >= 4 is 27.5 Å². The Morgan fingerprint density at radius 2 is 1.69 bits per heavy atom. The zero-order valence-corrected chi connectivity index (χ0v) is 22.9. The number of carbonyl (C=O) groups excluding carboxylic acids is 2. The number of amides is 2. The van der Waals surface area contributed by atoms with Gasteiger partial charge < -0.3 is 10.2 Å². The normalized spacial score (nSPS) is 13.1. The monoisotopic (exact) mass is 519 g/mol. The van der Waals surface area contributed by atoms with Crippen LogP contribution < -0.4 is 9.62 Å². The van der Waals surface area contributed by atoms with E-state index < -0.39 is 16.1 Å². The third-order valence-corrected chi connectivity index (χ3v) is 7.40. The fourth-order valence-electron chi connectivity index (χ4n) is 3.81. The summed E-state index contributed by atoms with van der Waals surface area (Å²) in [5, 5.41) is 2.91. The Kier molecular flexibility index (Phi) is 10.5. The number of rotatable bonds is 12. The molecule has 2 amide bonds. The minimum atomic E-state index is -3.57. The number of aryl methyl sites for hydroxylation is 2. The third-order valence-electron chi connectivity index (χ3n) is 6.22. The Balaban J connectivity index is 2.20. The zero-order chi connectivity index (χ0) is 27.0. The molecule has 0 saturated heterocycles. The van der Waals surface area contributed by atoms with Gasteiger partial charge in [0.2, 0.25) is 21.8 Å². The van der Waals surface area contributed by atoms with E-state index in [4.69, 9.17) is 0 Å². The Morgan fingerprint density at radius 3 is 2.28 bits per heavy atom. The van der Waals surface area contributed by atoms with E-state index in [0.29, 0.717) is 11.3 Å². The van der Waals surface area contributed by atoms with E-state index in [-0.39, 0.29) is 49.6 Å². The standard InChI is InChI=1S/C27H38FN3O4S/c1-7-21(4)29-27(33)22(5)30(18-23-12-14-24(28)15-13-23)26(32)9-8-16-31(36(6,34)35)25-17-19(2)10-11-20(25)3/h10-15,17,21-22H,7-9,16,18H2,1-6H3,(H,29,33)/t21-,22-/m0/s1. The molecule has 2 rings (SSSR count). The molecule has 2 aromatic rings. The lowest BCUT2D eigenvalue weighted by atomic mass is 10.1. The minimum Gasteiger partial charge on any atom is -0.352 e. The molecule has 0 spiro atoms. The maximum Gasteiger partial charge on any atom is 0.242 e. The topological polar surface area (TPSA) is 86.8 Å². The fourth-order valence-corrected chi connectivity index (χ4v) is 4.82. The number of nitrogens with one attached hydrogen (secondary N) is 1. The summed E-state index contributed by atoms with van der Waals surface area (Å²) >= 11 is 0. The summed E-state index contributed by atoms with van der Waals surface area (Å²) in [4.78, 5) is 27.6. The lowest BCUT2D eigenvalue weighted by molar-refractivity contribution is -0.140. The largest absolute Gasteiger partial charge is 0.352 e. The maximum absolute atomic E-state index is 13.4. The number of anilines is 1. The van der Waals surface area contributed by atoms with E-state index in [1.165, 1.54) is 21.3 Å². The van der Waals surface area contributed by atoms with Gasteiger partial charge in [0, 0.05) is 25.6 Å². The molecule has 198 valence electrons. The molecular weight excluding hydrogens is 481 g/mol. The van der Waals surface area contributed by atoms with Gasteiger partial charge in [-0.1, -0.05) is 31.2 Å². The highest BCUT2D eigenvalue weighted by Gasteiger charge is 2.27. The zero-order valence-electron chi connectivity index (χ0n) is 22.0. The second-order valence-electron chi connectivity index (χ2n) is 9.37. The first kappa shape index (κ1) is 29.3. The molecule has 9 heteroatoms. The van der Waals surface area contributed by atoms with Gasteiger partial charge in [0.1, 0.15) is 11.9 Å². The van der Waals surface area contributed by atoms with Gasteiger partial charge in [-0.2, -0.15) is 0 Å². The quantitative estimate of drug-likeness (QED) is 0.453. The lowest BCUT2D eigenvalue weighted by Crippen LogP contribution is -2.49. The second kappa shape index (κ2) is 12.9. The van der Waals surface area contributed by atoms with Crippen LogP contribution >= 0.6 is 0 Å². The Hall–Kier alpha value is -2.94. The Morgan fingerprint density at radius 1 is 1.06 bits per heavy atom. The predicted octanol–water partition coefficient (Wildman–Crippen LogP) is 4.32. The fraction of sp³-hybridized carbons (Fsp3) is 0.481. The number of nitrogens with zero attached hydrogens (tertiary/aromatic N) is 2. The molecule has 0 saturated carbocycles. The number of hydrogen-bond acceptors (Lipinski definition) is 4. The van der Waals surface area contributed by atoms with E-state index >= 15 is 0 Å². The number of sulfonamides is 1. The SMILES string of the molecule is CC[C@H](C)NC(=O)[C@H](C)N(Cc1ccc(F)cc1)C(=O)CCCN(c1cc(C)ccc1C)S(C)(=O)=O. The number of carbonyl (C=O) groups is 2. The first-order valence-electron chi connectivity index (χ1n) is 12.2. The van der Waals surface area contributed by atoms with Crippen LogP contribution in [0.2, 0.25) is 0 Å². The van der Waals surface area contributed by atoms with Crippen LogP contribution in [0.3, 0.4) is 0 Å². The van der Waals surface area contributed by atoms with Crippen molar-refractivity contribution in [2.75, 3.05) is 17.1 Å². The molecular formula is C27H38FN3O4S. The van der Waals surface area contributed by atoms with E-state index in [1.54, 1.807) is 19.1 Å². The molecule has 0 aromatic heterocycles. The van der Waals surface area contributed by atoms with Gasteiger partial charge in [0.25, 0.3) is 0 Å². The van der Waals surface area contributed by atoms with Crippen molar-refractivity contribution in [3.8, 4) is 0 Å². The molecule has 0 bridgehead atoms. The Bertz CT molecular complexity index is 1150. The van der Waals surface area contributed by atoms with Crippen molar-refractivity contribution in [1.82, 2.24) is 10.2 Å². The highest BCUT2D eigenvalue weighted by molar-refractivity contribution is 7.92. The van der Waals surface area contributed by atoms with Crippen LogP contribution in [-0.4, -0.2) is 50.0 Å². The van der Waals surface area contributed by atoms with E-state index in [1.807, 2.05) is 45.9 Å². The number of hydrogen-bond donors (Lipinski definition) is 1. The molecule has 0 aliphatic carbocycles. The molecule has 7 nitrogen and oxygen atoms in total. The summed E-state index contributed by atoms with van der Waals surface area (Å²) < 4.78 is 39.8. The highest BCUT2D eigenvalue weighted by atomic mass is 32.2. The van der Waals surface area contributed by atoms with Gasteiger partial charge in [0.05, 0.1) is 11.9 Å². The molecule has 2 atom stereocenters. The van der Waals surface area contributed by atoms with Crippen molar-refractivity contribution in [3.63, 3.8) is 0 Å². The number of halogens is 1. The molecule has 1 N–H and O–H groups in total. The molecule has 0 fully saturated rings. The highest BCUT2D eigenvalue weighted by Crippen LogP contribution is 2.24. The van der Waals surface area contributed by atoms with E-state index in [9.17, 15) is 22.4 Å². The summed E-state index contributed by atoms with van der Waals surface area (Å²) in [6.07, 6.45) is 2.24. The van der Waals surface area contributed by atoms with Crippen LogP contribution in [0, 0.1) is 19.7 Å². The van der Waals surface area contributed by atoms with Crippen LogP contribution in [0.5, 0.6) is 0 Å². The second-order valence-corrected chi connectivity index (χ2v) is 11.3. The molecule has 36 heavy (non-hydrogen) atoms. The molecule has 0 aliphatic rings. The summed E-state index contributed by atoms with van der Waals surface area (Å²) in [6, 6.07) is 10.6. The van der Waals surface area contributed by atoms with Gasteiger partial charge >= 0.3 is 0 Å². The van der Waals surface area contributed by atoms with Crippen LogP contribution in [0.4, 0.5) is 10.1 Å². The van der Waals surface area contributed by atoms with Crippen molar-refractivity contribution in [3.05, 3.63) is 65.0 Å². The van der Waals surface area contributed by atoms with Crippen LogP contribution in [0.15, 0.2) is 42.5 Å². The summed E-state index contributed by atoms with van der Waals surface area (Å²) in [5.74, 6) is -0.931. The van der Waals surface area contributed by atoms with Crippen LogP contribution in [0.1, 0.15) is 56.7 Å². The van der Waals surface area contributed by atoms with Crippen molar-refractivity contribution in [2.24, 2.45) is 0 Å². The van der Waals surface area contributed by atoms with Crippen LogP contribution in [0.25, 0.3) is 0 Å². The van der Waals surface area contributed by atoms with Crippen molar-refractivity contribution in [1.29, 1.82) is 0 Å². The molecule has 0 unspecified atom stereocenters. The lowest BCUT2D eigenvalue weighted by Gasteiger charge is -2.30. The average Bonchev–Trinajstić information content (AvgIpc) is 2.81. The molecule has 0 heterocycles. The predicted molar refractivity (Wildman–Crippen MR) is 142 cm³/mol. The maximum atomic E-state index is 13.4. The third kappa shape index (κ3) is 8.33. The average molecular weight is 520 g/mol. The van der Waals surface area contributed by atoms with Crippen molar-refractivity contribution in [2.45, 2.75) is 72.5 Å². The van der Waals surface area contributed by atoms with E-state index in [0.717, 1.165) is 23.8 Å². The van der Waals surface area contributed by atoms with Gasteiger partial charge in [-0.3, -0.25) is 13.9 Å². The summed E-state index contributed by atoms with van der Waals surface area (Å²) in [7, 11) is -3.57.